The molecule has 0 aromatic rings. The molecule has 92 valence electrons. The normalized spacial score (nSPS) is 19.4. The van der Waals surface area contributed by atoms with Crippen LogP contribution in [-0.4, -0.2) is 46.4 Å². The van der Waals surface area contributed by atoms with Crippen LogP contribution in [0.1, 0.15) is 20.3 Å². The highest BCUT2D eigenvalue weighted by atomic mass is 32.2. The number of amides is 1. The first-order valence-electron chi connectivity index (χ1n) is 5.35. The molecule has 0 spiro atoms. The molecule has 0 radical (unpaired) electrons. The quantitative estimate of drug-likeness (QED) is 0.325. The van der Waals surface area contributed by atoms with Crippen LogP contribution in [0.2, 0.25) is 0 Å². The summed E-state index contributed by atoms with van der Waals surface area (Å²) in [6.45, 7) is 4.87. The standard InChI is InChI=1S/C10H19N3O2S/c1-10(2,8(11)12-15)9(14)13-4-3-6-16-7-5-13/h15H,3-7H2,1-2H3,(H2,11,12). The van der Waals surface area contributed by atoms with Crippen LogP contribution in [0.3, 0.4) is 0 Å². The van der Waals surface area contributed by atoms with Gasteiger partial charge in [0, 0.05) is 18.8 Å². The molecule has 1 saturated heterocycles. The fraction of sp³-hybridized carbons (Fsp3) is 0.800. The Morgan fingerprint density at radius 3 is 2.75 bits per heavy atom. The third-order valence-electron chi connectivity index (χ3n) is 2.79. The molecule has 0 bridgehead atoms. The van der Waals surface area contributed by atoms with E-state index >= 15 is 0 Å². The Balaban J connectivity index is 2.75. The minimum atomic E-state index is -0.927. The first-order valence-corrected chi connectivity index (χ1v) is 6.50. The molecule has 6 heteroatoms. The Morgan fingerprint density at radius 1 is 1.44 bits per heavy atom. The second-order valence-electron chi connectivity index (χ2n) is 4.37. The van der Waals surface area contributed by atoms with E-state index in [4.69, 9.17) is 10.9 Å². The summed E-state index contributed by atoms with van der Waals surface area (Å²) in [6, 6.07) is 0. The molecule has 0 atom stereocenters. The van der Waals surface area contributed by atoms with Crippen molar-refractivity contribution in [2.24, 2.45) is 16.3 Å². The van der Waals surface area contributed by atoms with Crippen molar-refractivity contribution in [3.05, 3.63) is 0 Å². The van der Waals surface area contributed by atoms with Crippen molar-refractivity contribution in [3.63, 3.8) is 0 Å². The van der Waals surface area contributed by atoms with Crippen LogP contribution in [0.5, 0.6) is 0 Å². The molecule has 1 fully saturated rings. The van der Waals surface area contributed by atoms with Gasteiger partial charge in [0.25, 0.3) is 0 Å². The number of oxime groups is 1. The van der Waals surface area contributed by atoms with Crippen molar-refractivity contribution < 1.29 is 10.0 Å². The van der Waals surface area contributed by atoms with Gasteiger partial charge in [-0.05, 0) is 26.0 Å². The minimum Gasteiger partial charge on any atom is -0.409 e. The molecule has 1 aliphatic rings. The van der Waals surface area contributed by atoms with Crippen LogP contribution in [-0.2, 0) is 4.79 Å². The van der Waals surface area contributed by atoms with Crippen LogP contribution in [0, 0.1) is 5.41 Å². The summed E-state index contributed by atoms with van der Waals surface area (Å²) in [5, 5.41) is 11.6. The van der Waals surface area contributed by atoms with Crippen molar-refractivity contribution in [2.45, 2.75) is 20.3 Å². The van der Waals surface area contributed by atoms with E-state index in [9.17, 15) is 4.79 Å². The molecule has 0 unspecified atom stereocenters. The van der Waals surface area contributed by atoms with Gasteiger partial charge in [0.2, 0.25) is 5.91 Å². The van der Waals surface area contributed by atoms with Gasteiger partial charge in [-0.25, -0.2) is 0 Å². The molecule has 1 aliphatic heterocycles. The van der Waals surface area contributed by atoms with Crippen LogP contribution in [0.15, 0.2) is 5.16 Å². The second-order valence-corrected chi connectivity index (χ2v) is 5.59. The maximum Gasteiger partial charge on any atom is 0.235 e. The van der Waals surface area contributed by atoms with E-state index in [1.807, 2.05) is 11.8 Å². The highest BCUT2D eigenvalue weighted by molar-refractivity contribution is 7.99. The molecular weight excluding hydrogens is 226 g/mol. The molecule has 0 saturated carbocycles. The second kappa shape index (κ2) is 5.43. The number of carbonyl (C=O) groups is 1. The zero-order chi connectivity index (χ0) is 12.2. The van der Waals surface area contributed by atoms with Crippen LogP contribution in [0.25, 0.3) is 0 Å². The van der Waals surface area contributed by atoms with Crippen molar-refractivity contribution in [1.29, 1.82) is 0 Å². The van der Waals surface area contributed by atoms with Gasteiger partial charge in [-0.3, -0.25) is 4.79 Å². The summed E-state index contributed by atoms with van der Waals surface area (Å²) in [7, 11) is 0. The third kappa shape index (κ3) is 2.81. The van der Waals surface area contributed by atoms with Gasteiger partial charge in [0.05, 0.1) is 0 Å². The fourth-order valence-corrected chi connectivity index (χ4v) is 2.47. The fourth-order valence-electron chi connectivity index (χ4n) is 1.58. The van der Waals surface area contributed by atoms with Crippen LogP contribution in [0.4, 0.5) is 0 Å². The predicted octanol–water partition coefficient (Wildman–Crippen LogP) is 0.725. The number of carbonyl (C=O) groups excluding carboxylic acids is 1. The molecule has 3 N–H and O–H groups in total. The molecule has 1 amide bonds. The summed E-state index contributed by atoms with van der Waals surface area (Å²) < 4.78 is 0. The number of rotatable bonds is 2. The van der Waals surface area contributed by atoms with E-state index in [2.05, 4.69) is 5.16 Å². The largest absolute Gasteiger partial charge is 0.409 e. The number of thioether (sulfide) groups is 1. The van der Waals surface area contributed by atoms with Gasteiger partial charge in [-0.2, -0.15) is 11.8 Å². The highest BCUT2D eigenvalue weighted by Gasteiger charge is 2.36. The van der Waals surface area contributed by atoms with E-state index in [1.54, 1.807) is 18.7 Å². The van der Waals surface area contributed by atoms with Crippen molar-refractivity contribution in [1.82, 2.24) is 4.90 Å². The summed E-state index contributed by atoms with van der Waals surface area (Å²) in [5.41, 5.74) is 4.62. The Hall–Kier alpha value is -0.910. The summed E-state index contributed by atoms with van der Waals surface area (Å²) in [6.07, 6.45) is 1.00. The number of nitrogens with two attached hydrogens (primary N) is 1. The molecule has 0 aromatic heterocycles. The van der Waals surface area contributed by atoms with Crippen molar-refractivity contribution >= 4 is 23.5 Å². The SMILES string of the molecule is CC(C)(C(=O)N1CCCSCC1)C(N)=NO. The lowest BCUT2D eigenvalue weighted by atomic mass is 9.90. The predicted molar refractivity (Wildman–Crippen MR) is 65.7 cm³/mol. The number of amidine groups is 1. The molecule has 16 heavy (non-hydrogen) atoms. The maximum atomic E-state index is 12.2. The average Bonchev–Trinajstić information content (AvgIpc) is 2.55. The summed E-state index contributed by atoms with van der Waals surface area (Å²) in [5.74, 6) is 1.95. The van der Waals surface area contributed by atoms with Gasteiger partial charge in [-0.15, -0.1) is 0 Å². The van der Waals surface area contributed by atoms with Gasteiger partial charge in [0.15, 0.2) is 5.84 Å². The lowest BCUT2D eigenvalue weighted by Gasteiger charge is -2.29. The zero-order valence-electron chi connectivity index (χ0n) is 9.77. The lowest BCUT2D eigenvalue weighted by molar-refractivity contribution is -0.136. The number of nitrogens with zero attached hydrogens (tertiary/aromatic N) is 2. The molecule has 1 rings (SSSR count). The molecule has 0 aliphatic carbocycles. The van der Waals surface area contributed by atoms with Crippen LogP contribution >= 0.6 is 11.8 Å². The van der Waals surface area contributed by atoms with E-state index in [0.717, 1.165) is 31.0 Å². The van der Waals surface area contributed by atoms with Gasteiger partial charge in [0.1, 0.15) is 5.41 Å². The highest BCUT2D eigenvalue weighted by Crippen LogP contribution is 2.21. The molecular formula is C10H19N3O2S. The topological polar surface area (TPSA) is 78.9 Å². The molecule has 5 nitrogen and oxygen atoms in total. The van der Waals surface area contributed by atoms with Crippen molar-refractivity contribution in [2.75, 3.05) is 24.6 Å². The minimum absolute atomic E-state index is 0.0330. The van der Waals surface area contributed by atoms with Crippen molar-refractivity contribution in [3.8, 4) is 0 Å². The first kappa shape index (κ1) is 13.2. The van der Waals surface area contributed by atoms with E-state index in [1.165, 1.54) is 0 Å². The Morgan fingerprint density at radius 2 is 2.12 bits per heavy atom. The third-order valence-corrected chi connectivity index (χ3v) is 3.84. The van der Waals surface area contributed by atoms with Gasteiger partial charge >= 0.3 is 0 Å². The molecule has 1 heterocycles. The lowest BCUT2D eigenvalue weighted by Crippen LogP contribution is -2.48. The van der Waals surface area contributed by atoms with E-state index < -0.39 is 5.41 Å². The first-order chi connectivity index (χ1) is 7.50. The summed E-state index contributed by atoms with van der Waals surface area (Å²) in [4.78, 5) is 14.0. The van der Waals surface area contributed by atoms with Gasteiger partial charge in [-0.1, -0.05) is 5.16 Å². The zero-order valence-corrected chi connectivity index (χ0v) is 10.6. The Kier molecular flexibility index (Phi) is 4.46. The van der Waals surface area contributed by atoms with E-state index in [-0.39, 0.29) is 11.7 Å². The monoisotopic (exact) mass is 245 g/mol. The average molecular weight is 245 g/mol. The number of hydrogen-bond donors (Lipinski definition) is 2. The van der Waals surface area contributed by atoms with E-state index in [0.29, 0.717) is 0 Å². The van der Waals surface area contributed by atoms with Crippen LogP contribution < -0.4 is 5.73 Å². The maximum absolute atomic E-state index is 12.2. The Bertz CT molecular complexity index is 284. The number of hydrogen-bond acceptors (Lipinski definition) is 4. The summed E-state index contributed by atoms with van der Waals surface area (Å²) >= 11 is 1.86. The van der Waals surface area contributed by atoms with Gasteiger partial charge < -0.3 is 15.8 Å². The Labute approximate surface area is 100 Å². The molecule has 0 aromatic carbocycles. The smallest absolute Gasteiger partial charge is 0.235 e.